The largest absolute Gasteiger partial charge is 0.259 e. The van der Waals surface area contributed by atoms with Gasteiger partial charge in [0.1, 0.15) is 0 Å². The molecule has 0 saturated heterocycles. The van der Waals surface area contributed by atoms with Crippen LogP contribution in [-0.4, -0.2) is 14.7 Å². The molecule has 1 aliphatic rings. The summed E-state index contributed by atoms with van der Waals surface area (Å²) in [6, 6.07) is 0. The molecule has 2 atom stereocenters. The van der Waals surface area contributed by atoms with Gasteiger partial charge in [0.25, 0.3) is 0 Å². The van der Waals surface area contributed by atoms with Crippen molar-refractivity contribution in [3.63, 3.8) is 0 Å². The van der Waals surface area contributed by atoms with Crippen LogP contribution in [0.2, 0.25) is 0 Å². The van der Waals surface area contributed by atoms with Crippen molar-refractivity contribution in [3.8, 4) is 0 Å². The lowest BCUT2D eigenvalue weighted by Gasteiger charge is -2.09. The SMILES string of the molecule is CC(C)S(=O)C1C=CCC1. The molecule has 0 aromatic heterocycles. The molecular weight excluding hydrogens is 144 g/mol. The summed E-state index contributed by atoms with van der Waals surface area (Å²) in [6.45, 7) is 4.03. The van der Waals surface area contributed by atoms with Crippen molar-refractivity contribution in [1.29, 1.82) is 0 Å². The van der Waals surface area contributed by atoms with Gasteiger partial charge in [-0.2, -0.15) is 0 Å². The Morgan fingerprint density at radius 2 is 2.30 bits per heavy atom. The molecule has 1 rings (SSSR count). The Kier molecular flexibility index (Phi) is 2.66. The highest BCUT2D eigenvalue weighted by Gasteiger charge is 2.18. The predicted octanol–water partition coefficient (Wildman–Crippen LogP) is 1.86. The highest BCUT2D eigenvalue weighted by Crippen LogP contribution is 2.17. The molecular formula is C8H14OS. The van der Waals surface area contributed by atoms with E-state index in [4.69, 9.17) is 0 Å². The van der Waals surface area contributed by atoms with Crippen LogP contribution in [0.25, 0.3) is 0 Å². The fourth-order valence-corrected chi connectivity index (χ4v) is 2.48. The third kappa shape index (κ3) is 1.69. The van der Waals surface area contributed by atoms with Gasteiger partial charge in [0.05, 0.1) is 5.25 Å². The lowest BCUT2D eigenvalue weighted by atomic mass is 10.4. The van der Waals surface area contributed by atoms with Gasteiger partial charge in [0.15, 0.2) is 0 Å². The predicted molar refractivity (Wildman–Crippen MR) is 45.4 cm³/mol. The number of allylic oxidation sites excluding steroid dienone is 1. The molecule has 58 valence electrons. The molecule has 0 heterocycles. The van der Waals surface area contributed by atoms with Gasteiger partial charge in [-0.05, 0) is 12.8 Å². The Bertz CT molecular complexity index is 161. The highest BCUT2D eigenvalue weighted by molar-refractivity contribution is 7.86. The Morgan fingerprint density at radius 3 is 2.70 bits per heavy atom. The smallest absolute Gasteiger partial charge is 0.0533 e. The molecule has 0 amide bonds. The number of hydrogen-bond donors (Lipinski definition) is 0. The van der Waals surface area contributed by atoms with E-state index in [1.807, 2.05) is 13.8 Å². The first-order valence-corrected chi connectivity index (χ1v) is 5.05. The summed E-state index contributed by atoms with van der Waals surface area (Å²) in [7, 11) is -0.634. The van der Waals surface area contributed by atoms with Gasteiger partial charge in [0, 0.05) is 16.0 Å². The minimum absolute atomic E-state index is 0.313. The maximum Gasteiger partial charge on any atom is 0.0533 e. The molecule has 0 bridgehead atoms. The van der Waals surface area contributed by atoms with Crippen molar-refractivity contribution < 1.29 is 4.21 Å². The van der Waals surface area contributed by atoms with Crippen LogP contribution in [0.3, 0.4) is 0 Å². The lowest BCUT2D eigenvalue weighted by molar-refractivity contribution is 0.668. The molecule has 0 aromatic carbocycles. The zero-order valence-electron chi connectivity index (χ0n) is 6.54. The van der Waals surface area contributed by atoms with E-state index in [2.05, 4.69) is 12.2 Å². The van der Waals surface area contributed by atoms with Crippen LogP contribution >= 0.6 is 0 Å². The van der Waals surface area contributed by atoms with E-state index < -0.39 is 10.8 Å². The average molecular weight is 158 g/mol. The highest BCUT2D eigenvalue weighted by atomic mass is 32.2. The summed E-state index contributed by atoms with van der Waals surface area (Å²) in [5.41, 5.74) is 0. The maximum absolute atomic E-state index is 11.4. The molecule has 0 N–H and O–H groups in total. The van der Waals surface area contributed by atoms with Gasteiger partial charge in [-0.3, -0.25) is 4.21 Å². The van der Waals surface area contributed by atoms with Gasteiger partial charge >= 0.3 is 0 Å². The van der Waals surface area contributed by atoms with E-state index in [0.717, 1.165) is 12.8 Å². The van der Waals surface area contributed by atoms with Crippen LogP contribution in [0.15, 0.2) is 12.2 Å². The molecule has 0 fully saturated rings. The monoisotopic (exact) mass is 158 g/mol. The molecule has 0 spiro atoms. The van der Waals surface area contributed by atoms with Crippen LogP contribution in [-0.2, 0) is 10.8 Å². The zero-order chi connectivity index (χ0) is 7.56. The van der Waals surface area contributed by atoms with Crippen molar-refractivity contribution in [1.82, 2.24) is 0 Å². The summed E-state index contributed by atoms with van der Waals surface area (Å²) in [4.78, 5) is 0. The van der Waals surface area contributed by atoms with E-state index in [1.165, 1.54) is 0 Å². The van der Waals surface area contributed by atoms with Crippen molar-refractivity contribution in [3.05, 3.63) is 12.2 Å². The molecule has 0 radical (unpaired) electrons. The summed E-state index contributed by atoms with van der Waals surface area (Å²) in [5.74, 6) is 0. The molecule has 10 heavy (non-hydrogen) atoms. The second-order valence-corrected chi connectivity index (χ2v) is 5.13. The van der Waals surface area contributed by atoms with Gasteiger partial charge in [-0.1, -0.05) is 26.0 Å². The van der Waals surface area contributed by atoms with Gasteiger partial charge in [0.2, 0.25) is 0 Å². The van der Waals surface area contributed by atoms with E-state index in [1.54, 1.807) is 0 Å². The van der Waals surface area contributed by atoms with Crippen molar-refractivity contribution >= 4 is 10.8 Å². The first-order valence-electron chi connectivity index (χ1n) is 3.78. The minimum atomic E-state index is -0.634. The summed E-state index contributed by atoms with van der Waals surface area (Å²) < 4.78 is 11.4. The van der Waals surface area contributed by atoms with Gasteiger partial charge in [-0.15, -0.1) is 0 Å². The van der Waals surface area contributed by atoms with Crippen LogP contribution in [0, 0.1) is 0 Å². The summed E-state index contributed by atoms with van der Waals surface area (Å²) in [6.07, 6.45) is 6.43. The molecule has 0 saturated carbocycles. The van der Waals surface area contributed by atoms with Crippen LogP contribution in [0.4, 0.5) is 0 Å². The Balaban J connectivity index is 2.49. The van der Waals surface area contributed by atoms with Crippen LogP contribution in [0.1, 0.15) is 26.7 Å². The molecule has 1 nitrogen and oxygen atoms in total. The average Bonchev–Trinajstić information content (AvgIpc) is 2.36. The number of hydrogen-bond acceptors (Lipinski definition) is 1. The lowest BCUT2D eigenvalue weighted by Crippen LogP contribution is -2.17. The molecule has 2 heteroatoms. The standard InChI is InChI=1S/C8H14OS/c1-7(2)10(9)8-5-3-4-6-8/h3,5,7-8H,4,6H2,1-2H3. The minimum Gasteiger partial charge on any atom is -0.259 e. The van der Waals surface area contributed by atoms with Crippen molar-refractivity contribution in [2.45, 2.75) is 37.2 Å². The third-order valence-electron chi connectivity index (χ3n) is 1.73. The van der Waals surface area contributed by atoms with E-state index in [0.29, 0.717) is 10.5 Å². The first kappa shape index (κ1) is 7.99. The van der Waals surface area contributed by atoms with E-state index >= 15 is 0 Å². The number of rotatable bonds is 2. The topological polar surface area (TPSA) is 17.1 Å². The quantitative estimate of drug-likeness (QED) is 0.561. The molecule has 0 aromatic rings. The van der Waals surface area contributed by atoms with Crippen LogP contribution < -0.4 is 0 Å². The van der Waals surface area contributed by atoms with Gasteiger partial charge < -0.3 is 0 Å². The molecule has 2 unspecified atom stereocenters. The van der Waals surface area contributed by atoms with Crippen LogP contribution in [0.5, 0.6) is 0 Å². The third-order valence-corrected chi connectivity index (χ3v) is 3.65. The van der Waals surface area contributed by atoms with E-state index in [9.17, 15) is 4.21 Å². The zero-order valence-corrected chi connectivity index (χ0v) is 7.36. The fraction of sp³-hybridized carbons (Fsp3) is 0.750. The normalized spacial score (nSPS) is 27.7. The van der Waals surface area contributed by atoms with Crippen molar-refractivity contribution in [2.75, 3.05) is 0 Å². The van der Waals surface area contributed by atoms with E-state index in [-0.39, 0.29) is 0 Å². The second-order valence-electron chi connectivity index (χ2n) is 2.92. The summed E-state index contributed by atoms with van der Waals surface area (Å²) in [5, 5.41) is 0.660. The van der Waals surface area contributed by atoms with Crippen molar-refractivity contribution in [2.24, 2.45) is 0 Å². The second kappa shape index (κ2) is 3.33. The Labute approximate surface area is 65.0 Å². The molecule has 1 aliphatic carbocycles. The van der Waals surface area contributed by atoms with Gasteiger partial charge in [-0.25, -0.2) is 0 Å². The Hall–Kier alpha value is -0.110. The first-order chi connectivity index (χ1) is 4.72. The Morgan fingerprint density at radius 1 is 1.60 bits per heavy atom. The fourth-order valence-electron chi connectivity index (χ4n) is 1.15. The maximum atomic E-state index is 11.4. The molecule has 0 aliphatic heterocycles. The summed E-state index contributed by atoms with van der Waals surface area (Å²) >= 11 is 0.